The molecule has 0 bridgehead atoms. The molecule has 2 aromatic carbocycles. The van der Waals surface area contributed by atoms with Crippen molar-refractivity contribution in [2.45, 2.75) is 31.9 Å². The molecular formula is C23H22FNO4. The molecule has 1 amide bonds. The van der Waals surface area contributed by atoms with Crippen LogP contribution in [0.3, 0.4) is 0 Å². The van der Waals surface area contributed by atoms with Crippen LogP contribution in [0.4, 0.5) is 4.39 Å². The van der Waals surface area contributed by atoms with Gasteiger partial charge in [-0.1, -0.05) is 48.0 Å². The number of halogens is 1. The average molecular weight is 395 g/mol. The number of aliphatic hydroxyl groups excluding tert-OH is 1. The van der Waals surface area contributed by atoms with Crippen molar-refractivity contribution in [2.75, 3.05) is 13.2 Å². The Morgan fingerprint density at radius 1 is 1.17 bits per heavy atom. The molecule has 5 nitrogen and oxygen atoms in total. The van der Waals surface area contributed by atoms with E-state index in [2.05, 4.69) is 0 Å². The summed E-state index contributed by atoms with van der Waals surface area (Å²) in [6.07, 6.45) is 1.44. The quantitative estimate of drug-likeness (QED) is 0.487. The van der Waals surface area contributed by atoms with Gasteiger partial charge in [0.1, 0.15) is 11.6 Å². The molecule has 0 radical (unpaired) electrons. The molecule has 6 heteroatoms. The molecule has 2 aromatic rings. The molecule has 2 fully saturated rings. The van der Waals surface area contributed by atoms with Crippen LogP contribution in [-0.4, -0.2) is 41.0 Å². The van der Waals surface area contributed by atoms with Crippen LogP contribution in [0.15, 0.2) is 54.1 Å². The maximum atomic E-state index is 14.7. The number of nitrogens with zero attached hydrogens (tertiary/aromatic N) is 1. The number of ketones is 1. The number of likely N-dealkylation sites (tertiary alicyclic amines) is 1. The predicted molar refractivity (Wildman–Crippen MR) is 106 cm³/mol. The van der Waals surface area contributed by atoms with Crippen LogP contribution in [0, 0.1) is 12.7 Å². The zero-order valence-corrected chi connectivity index (χ0v) is 16.1. The molecule has 0 spiro atoms. The summed E-state index contributed by atoms with van der Waals surface area (Å²) in [4.78, 5) is 27.1. The lowest BCUT2D eigenvalue weighted by Crippen LogP contribution is -2.36. The normalized spacial score (nSPS) is 23.7. The fourth-order valence-electron chi connectivity index (χ4n) is 3.96. The Hall–Kier alpha value is -2.99. The maximum Gasteiger partial charge on any atom is 0.295 e. The molecule has 2 aliphatic heterocycles. The van der Waals surface area contributed by atoms with E-state index >= 15 is 0 Å². The number of ether oxygens (including phenoxy) is 1. The standard InChI is InChI=1S/C23H22FNO4/c1-14-8-10-15(11-9-14)21(26)19-20(17-6-2-3-7-18(17)24)25(23(28)22(19)27)13-16-5-4-12-29-16/h2-3,6-11,16,20,26H,4-5,12-13H2,1H3/t16-,20-/m0/s1. The van der Waals surface area contributed by atoms with Crippen LogP contribution >= 0.6 is 0 Å². The van der Waals surface area contributed by atoms with E-state index in [1.54, 1.807) is 36.4 Å². The first kappa shape index (κ1) is 19.3. The molecule has 0 aliphatic carbocycles. The van der Waals surface area contributed by atoms with Crippen molar-refractivity contribution in [3.63, 3.8) is 0 Å². The first-order valence-corrected chi connectivity index (χ1v) is 9.69. The van der Waals surface area contributed by atoms with Crippen LogP contribution in [0.5, 0.6) is 0 Å². The molecule has 0 saturated carbocycles. The second-order valence-electron chi connectivity index (χ2n) is 7.47. The lowest BCUT2D eigenvalue weighted by molar-refractivity contribution is -0.140. The summed E-state index contributed by atoms with van der Waals surface area (Å²) in [7, 11) is 0. The zero-order valence-electron chi connectivity index (χ0n) is 16.1. The van der Waals surface area contributed by atoms with Gasteiger partial charge in [-0.05, 0) is 25.8 Å². The number of amides is 1. The molecule has 2 heterocycles. The molecule has 2 saturated heterocycles. The molecule has 2 aliphatic rings. The van der Waals surface area contributed by atoms with Crippen molar-refractivity contribution in [1.29, 1.82) is 0 Å². The molecule has 2 atom stereocenters. The fraction of sp³-hybridized carbons (Fsp3) is 0.304. The Balaban J connectivity index is 1.84. The van der Waals surface area contributed by atoms with E-state index < -0.39 is 23.5 Å². The van der Waals surface area contributed by atoms with Gasteiger partial charge in [-0.2, -0.15) is 0 Å². The third-order valence-electron chi connectivity index (χ3n) is 5.49. The number of Topliss-reactive ketones (excluding diaryl/α,β-unsaturated/α-hetero) is 1. The van der Waals surface area contributed by atoms with Gasteiger partial charge in [-0.3, -0.25) is 9.59 Å². The number of carbonyl (C=O) groups is 2. The summed E-state index contributed by atoms with van der Waals surface area (Å²) in [5.74, 6) is -2.39. The minimum absolute atomic E-state index is 0.0954. The van der Waals surface area contributed by atoms with E-state index in [9.17, 15) is 19.1 Å². The maximum absolute atomic E-state index is 14.7. The van der Waals surface area contributed by atoms with E-state index in [0.29, 0.717) is 12.2 Å². The van der Waals surface area contributed by atoms with Gasteiger partial charge in [0.2, 0.25) is 0 Å². The molecule has 1 N–H and O–H groups in total. The lowest BCUT2D eigenvalue weighted by Gasteiger charge is -2.27. The highest BCUT2D eigenvalue weighted by atomic mass is 19.1. The minimum Gasteiger partial charge on any atom is -0.507 e. The van der Waals surface area contributed by atoms with Crippen LogP contribution < -0.4 is 0 Å². The van der Waals surface area contributed by atoms with Crippen molar-refractivity contribution in [3.05, 3.63) is 76.6 Å². The topological polar surface area (TPSA) is 66.8 Å². The predicted octanol–water partition coefficient (Wildman–Crippen LogP) is 3.73. The smallest absolute Gasteiger partial charge is 0.295 e. The largest absolute Gasteiger partial charge is 0.507 e. The number of hydrogen-bond donors (Lipinski definition) is 1. The van der Waals surface area contributed by atoms with E-state index in [0.717, 1.165) is 18.4 Å². The summed E-state index contributed by atoms with van der Waals surface area (Å²) in [6.45, 7) is 2.68. The number of benzene rings is 2. The first-order chi connectivity index (χ1) is 14.0. The van der Waals surface area contributed by atoms with Gasteiger partial charge in [0, 0.05) is 24.3 Å². The van der Waals surface area contributed by atoms with Crippen molar-refractivity contribution >= 4 is 17.4 Å². The Labute approximate surface area is 168 Å². The molecule has 4 rings (SSSR count). The molecule has 29 heavy (non-hydrogen) atoms. The highest BCUT2D eigenvalue weighted by Gasteiger charge is 2.47. The number of carbonyl (C=O) groups excluding carboxylic acids is 2. The Morgan fingerprint density at radius 2 is 1.90 bits per heavy atom. The van der Waals surface area contributed by atoms with Crippen LogP contribution in [0.2, 0.25) is 0 Å². The second kappa shape index (κ2) is 7.79. The van der Waals surface area contributed by atoms with E-state index in [-0.39, 0.29) is 29.5 Å². The average Bonchev–Trinajstić information content (AvgIpc) is 3.31. The number of aryl methyl sites for hydroxylation is 1. The SMILES string of the molecule is Cc1ccc(C(O)=C2C(=O)C(=O)N(C[C@@H]3CCCO3)[C@H]2c2ccccc2F)cc1. The van der Waals surface area contributed by atoms with Gasteiger partial charge in [-0.15, -0.1) is 0 Å². The van der Waals surface area contributed by atoms with Crippen molar-refractivity contribution in [3.8, 4) is 0 Å². The second-order valence-corrected chi connectivity index (χ2v) is 7.47. The van der Waals surface area contributed by atoms with Crippen LogP contribution in [0.1, 0.15) is 35.6 Å². The van der Waals surface area contributed by atoms with E-state index in [1.807, 2.05) is 6.92 Å². The summed E-state index contributed by atoms with van der Waals surface area (Å²) < 4.78 is 20.3. The van der Waals surface area contributed by atoms with E-state index in [1.165, 1.54) is 17.0 Å². The van der Waals surface area contributed by atoms with Crippen molar-refractivity contribution in [2.24, 2.45) is 0 Å². The third-order valence-corrected chi connectivity index (χ3v) is 5.49. The number of rotatable bonds is 4. The molecule has 0 aromatic heterocycles. The summed E-state index contributed by atoms with van der Waals surface area (Å²) in [5, 5.41) is 10.9. The third kappa shape index (κ3) is 3.56. The molecule has 150 valence electrons. The Morgan fingerprint density at radius 3 is 2.55 bits per heavy atom. The van der Waals surface area contributed by atoms with Crippen LogP contribution in [-0.2, 0) is 14.3 Å². The summed E-state index contributed by atoms with van der Waals surface area (Å²) in [6, 6.07) is 12.0. The number of aliphatic hydroxyl groups is 1. The zero-order chi connectivity index (χ0) is 20.5. The monoisotopic (exact) mass is 395 g/mol. The van der Waals surface area contributed by atoms with Gasteiger partial charge >= 0.3 is 0 Å². The van der Waals surface area contributed by atoms with Gasteiger partial charge in [-0.25, -0.2) is 4.39 Å². The Bertz CT molecular complexity index is 977. The van der Waals surface area contributed by atoms with Crippen LogP contribution in [0.25, 0.3) is 5.76 Å². The molecular weight excluding hydrogens is 373 g/mol. The lowest BCUT2D eigenvalue weighted by atomic mass is 9.94. The first-order valence-electron chi connectivity index (χ1n) is 9.69. The highest BCUT2D eigenvalue weighted by Crippen LogP contribution is 2.40. The minimum atomic E-state index is -0.998. The molecule has 0 unspecified atom stereocenters. The van der Waals surface area contributed by atoms with Gasteiger partial charge in [0.25, 0.3) is 11.7 Å². The van der Waals surface area contributed by atoms with Gasteiger partial charge in [0.05, 0.1) is 17.7 Å². The number of hydrogen-bond acceptors (Lipinski definition) is 4. The fourth-order valence-corrected chi connectivity index (χ4v) is 3.96. The van der Waals surface area contributed by atoms with Gasteiger partial charge in [0.15, 0.2) is 0 Å². The summed E-state index contributed by atoms with van der Waals surface area (Å²) >= 11 is 0. The van der Waals surface area contributed by atoms with Crippen molar-refractivity contribution in [1.82, 2.24) is 4.90 Å². The van der Waals surface area contributed by atoms with Crippen molar-refractivity contribution < 1.29 is 23.8 Å². The summed E-state index contributed by atoms with van der Waals surface area (Å²) in [5.41, 5.74) is 1.48. The van der Waals surface area contributed by atoms with Gasteiger partial charge < -0.3 is 14.7 Å². The van der Waals surface area contributed by atoms with E-state index in [4.69, 9.17) is 4.74 Å². The highest BCUT2D eigenvalue weighted by molar-refractivity contribution is 6.46. The Kier molecular flexibility index (Phi) is 5.20.